The quantitative estimate of drug-likeness (QED) is 0.408. The van der Waals surface area contributed by atoms with Crippen LogP contribution in [0.3, 0.4) is 0 Å². The third kappa shape index (κ3) is 4.63. The van der Waals surface area contributed by atoms with Crippen molar-refractivity contribution in [3.05, 3.63) is 144 Å². The first kappa shape index (κ1) is 21.5. The van der Waals surface area contributed by atoms with Gasteiger partial charge in [-0.15, -0.1) is 0 Å². The largest absolute Gasteiger partial charge is 0.372 e. The van der Waals surface area contributed by atoms with E-state index in [4.69, 9.17) is 0 Å². The Morgan fingerprint density at radius 3 is 1.44 bits per heavy atom. The van der Waals surface area contributed by atoms with Gasteiger partial charge in [0.1, 0.15) is 0 Å². The highest BCUT2D eigenvalue weighted by molar-refractivity contribution is 5.90. The average molecular weight is 422 g/mol. The first-order chi connectivity index (χ1) is 15.7. The van der Waals surface area contributed by atoms with Crippen LogP contribution in [0.15, 0.2) is 121 Å². The van der Waals surface area contributed by atoms with Crippen molar-refractivity contribution >= 4 is 5.91 Å². The first-order valence-electron chi connectivity index (χ1n) is 10.9. The molecule has 0 aromatic heterocycles. The van der Waals surface area contributed by atoms with E-state index < -0.39 is 11.5 Å². The number of nitrogens with one attached hydrogen (secondary N) is 1. The van der Waals surface area contributed by atoms with E-state index in [2.05, 4.69) is 29.6 Å². The molecule has 0 radical (unpaired) electrons. The van der Waals surface area contributed by atoms with E-state index in [-0.39, 0.29) is 5.92 Å². The molecule has 0 aliphatic carbocycles. The summed E-state index contributed by atoms with van der Waals surface area (Å²) in [4.78, 5) is 13.4. The van der Waals surface area contributed by atoms with Crippen molar-refractivity contribution in [3.8, 4) is 0 Å². The average Bonchev–Trinajstić information content (AvgIpc) is 2.88. The lowest BCUT2D eigenvalue weighted by Crippen LogP contribution is -2.45. The maximum atomic E-state index is 13.4. The molecule has 1 amide bonds. The summed E-state index contributed by atoms with van der Waals surface area (Å²) < 4.78 is 0. The van der Waals surface area contributed by atoms with Crippen LogP contribution in [0.2, 0.25) is 0 Å². The van der Waals surface area contributed by atoms with Crippen LogP contribution < -0.4 is 5.32 Å². The second kappa shape index (κ2) is 10.1. The lowest BCUT2D eigenvalue weighted by atomic mass is 9.85. The Kier molecular flexibility index (Phi) is 6.78. The fraction of sp³-hybridized carbons (Fsp3) is 0.138. The number of aliphatic hydroxyl groups is 1. The molecule has 4 aromatic rings. The van der Waals surface area contributed by atoms with Gasteiger partial charge in [-0.3, -0.25) is 4.79 Å². The third-order valence-corrected chi connectivity index (χ3v) is 5.83. The van der Waals surface area contributed by atoms with E-state index >= 15 is 0 Å². The maximum Gasteiger partial charge on any atom is 0.261 e. The number of hydrogen-bond acceptors (Lipinski definition) is 2. The molecule has 0 bridgehead atoms. The summed E-state index contributed by atoms with van der Waals surface area (Å²) in [5, 5.41) is 14.6. The van der Waals surface area contributed by atoms with E-state index in [1.165, 1.54) is 11.1 Å². The smallest absolute Gasteiger partial charge is 0.261 e. The highest BCUT2D eigenvalue weighted by Gasteiger charge is 2.39. The van der Waals surface area contributed by atoms with Gasteiger partial charge in [-0.2, -0.15) is 0 Å². The predicted molar refractivity (Wildman–Crippen MR) is 128 cm³/mol. The van der Waals surface area contributed by atoms with Gasteiger partial charge in [-0.25, -0.2) is 0 Å². The van der Waals surface area contributed by atoms with Gasteiger partial charge < -0.3 is 10.4 Å². The van der Waals surface area contributed by atoms with Crippen LogP contribution in [-0.2, 0) is 10.4 Å². The highest BCUT2D eigenvalue weighted by atomic mass is 16.3. The summed E-state index contributed by atoms with van der Waals surface area (Å²) in [5.41, 5.74) is 1.75. The van der Waals surface area contributed by atoms with Crippen LogP contribution in [0.1, 0.15) is 34.6 Å². The molecule has 0 heterocycles. The van der Waals surface area contributed by atoms with Crippen molar-refractivity contribution in [2.24, 2.45) is 0 Å². The molecule has 0 atom stereocenters. The van der Waals surface area contributed by atoms with Gasteiger partial charge in [-0.05, 0) is 28.7 Å². The van der Waals surface area contributed by atoms with Gasteiger partial charge in [0.05, 0.1) is 0 Å². The molecule has 0 unspecified atom stereocenters. The van der Waals surface area contributed by atoms with E-state index in [0.29, 0.717) is 17.7 Å². The Morgan fingerprint density at radius 1 is 0.656 bits per heavy atom. The summed E-state index contributed by atoms with van der Waals surface area (Å²) in [6.07, 6.45) is 0.722. The molecule has 0 aliphatic rings. The van der Waals surface area contributed by atoms with Gasteiger partial charge in [0.15, 0.2) is 5.60 Å². The number of amides is 1. The molecule has 32 heavy (non-hydrogen) atoms. The second-order valence-electron chi connectivity index (χ2n) is 7.86. The van der Waals surface area contributed by atoms with Crippen molar-refractivity contribution in [1.82, 2.24) is 5.32 Å². The van der Waals surface area contributed by atoms with Crippen molar-refractivity contribution in [2.45, 2.75) is 17.9 Å². The summed E-state index contributed by atoms with van der Waals surface area (Å²) in [6, 6.07) is 38.8. The molecule has 0 aliphatic heterocycles. The molecular weight excluding hydrogens is 394 g/mol. The zero-order chi connectivity index (χ0) is 22.2. The fourth-order valence-corrected chi connectivity index (χ4v) is 4.14. The second-order valence-corrected chi connectivity index (χ2v) is 7.86. The van der Waals surface area contributed by atoms with Crippen LogP contribution in [0, 0.1) is 0 Å². The van der Waals surface area contributed by atoms with E-state index in [9.17, 15) is 9.90 Å². The molecule has 0 fully saturated rings. The molecule has 0 saturated carbocycles. The zero-order valence-electron chi connectivity index (χ0n) is 17.9. The predicted octanol–water partition coefficient (Wildman–Crippen LogP) is 5.26. The van der Waals surface area contributed by atoms with E-state index in [0.717, 1.165) is 6.42 Å². The summed E-state index contributed by atoms with van der Waals surface area (Å²) >= 11 is 0. The van der Waals surface area contributed by atoms with Crippen molar-refractivity contribution in [1.29, 1.82) is 0 Å². The Labute approximate surface area is 189 Å². The molecule has 4 rings (SSSR count). The fourth-order valence-electron chi connectivity index (χ4n) is 4.14. The van der Waals surface area contributed by atoms with Crippen LogP contribution in [-0.4, -0.2) is 17.6 Å². The van der Waals surface area contributed by atoms with Gasteiger partial charge in [0, 0.05) is 12.5 Å². The SMILES string of the molecule is O=C(NCCC(c1ccccc1)c1ccccc1)C(O)(c1ccccc1)c1ccccc1. The summed E-state index contributed by atoms with van der Waals surface area (Å²) in [7, 11) is 0. The molecule has 3 heteroatoms. The number of carbonyl (C=O) groups excluding carboxylic acids is 1. The number of rotatable bonds is 8. The minimum absolute atomic E-state index is 0.152. The standard InChI is InChI=1S/C29H27NO2/c31-28(29(32,25-17-9-3-10-18-25)26-19-11-4-12-20-26)30-22-21-27(23-13-5-1-6-14-23)24-15-7-2-8-16-24/h1-20,27,32H,21-22H2,(H,30,31). The summed E-state index contributed by atoms with van der Waals surface area (Å²) in [5.74, 6) is -0.269. The molecule has 4 aromatic carbocycles. The Morgan fingerprint density at radius 2 is 1.03 bits per heavy atom. The van der Waals surface area contributed by atoms with Gasteiger partial charge in [-0.1, -0.05) is 121 Å². The molecule has 0 spiro atoms. The lowest BCUT2D eigenvalue weighted by molar-refractivity contribution is -0.136. The summed E-state index contributed by atoms with van der Waals surface area (Å²) in [6.45, 7) is 0.440. The lowest BCUT2D eigenvalue weighted by Gasteiger charge is -2.28. The highest BCUT2D eigenvalue weighted by Crippen LogP contribution is 2.31. The van der Waals surface area contributed by atoms with Crippen LogP contribution in [0.5, 0.6) is 0 Å². The monoisotopic (exact) mass is 421 g/mol. The van der Waals surface area contributed by atoms with Crippen LogP contribution >= 0.6 is 0 Å². The number of benzene rings is 4. The Bertz CT molecular complexity index is 1030. The number of hydrogen-bond donors (Lipinski definition) is 2. The first-order valence-corrected chi connectivity index (χ1v) is 10.9. The maximum absolute atomic E-state index is 13.4. The van der Waals surface area contributed by atoms with Crippen molar-refractivity contribution in [2.75, 3.05) is 6.54 Å². The van der Waals surface area contributed by atoms with Crippen molar-refractivity contribution in [3.63, 3.8) is 0 Å². The van der Waals surface area contributed by atoms with Gasteiger partial charge in [0.2, 0.25) is 0 Å². The van der Waals surface area contributed by atoms with Crippen LogP contribution in [0.25, 0.3) is 0 Å². The zero-order valence-corrected chi connectivity index (χ0v) is 17.9. The van der Waals surface area contributed by atoms with E-state index in [1.54, 1.807) is 24.3 Å². The molecule has 0 saturated heterocycles. The normalized spacial score (nSPS) is 11.3. The molecule has 2 N–H and O–H groups in total. The van der Waals surface area contributed by atoms with E-state index in [1.807, 2.05) is 72.8 Å². The topological polar surface area (TPSA) is 49.3 Å². The number of carbonyl (C=O) groups is 1. The van der Waals surface area contributed by atoms with Crippen molar-refractivity contribution < 1.29 is 9.90 Å². The minimum atomic E-state index is -1.75. The minimum Gasteiger partial charge on any atom is -0.372 e. The molecular formula is C29H27NO2. The third-order valence-electron chi connectivity index (χ3n) is 5.83. The Balaban J connectivity index is 1.55. The Hall–Kier alpha value is -3.69. The van der Waals surface area contributed by atoms with Gasteiger partial charge >= 0.3 is 0 Å². The van der Waals surface area contributed by atoms with Gasteiger partial charge in [0.25, 0.3) is 5.91 Å². The molecule has 160 valence electrons. The molecule has 3 nitrogen and oxygen atoms in total. The van der Waals surface area contributed by atoms with Crippen LogP contribution in [0.4, 0.5) is 0 Å².